The van der Waals surface area contributed by atoms with E-state index in [0.717, 1.165) is 17.0 Å². The lowest BCUT2D eigenvalue weighted by Gasteiger charge is -2.23. The third-order valence-corrected chi connectivity index (χ3v) is 5.74. The average Bonchev–Trinajstić information content (AvgIpc) is 2.76. The Morgan fingerprint density at radius 1 is 1.23 bits per heavy atom. The van der Waals surface area contributed by atoms with E-state index in [1.54, 1.807) is 14.1 Å². The molecule has 1 saturated heterocycles. The van der Waals surface area contributed by atoms with Crippen molar-refractivity contribution < 1.29 is 22.0 Å². The summed E-state index contributed by atoms with van der Waals surface area (Å²) < 4.78 is 53.6. The molecule has 0 aliphatic carbocycles. The maximum absolute atomic E-state index is 14.3. The fourth-order valence-electron chi connectivity index (χ4n) is 2.73. The summed E-state index contributed by atoms with van der Waals surface area (Å²) in [6.45, 7) is 0. The third kappa shape index (κ3) is 2.94. The van der Waals surface area contributed by atoms with E-state index in [4.69, 9.17) is 0 Å². The first-order valence-electron chi connectivity index (χ1n) is 7.54. The van der Waals surface area contributed by atoms with Crippen LogP contribution in [0.15, 0.2) is 53.8 Å². The molecule has 2 aromatic rings. The van der Waals surface area contributed by atoms with Gasteiger partial charge >= 0.3 is 0 Å². The Kier molecular flexibility index (Phi) is 4.49. The van der Waals surface area contributed by atoms with Crippen molar-refractivity contribution >= 4 is 21.4 Å². The Labute approximate surface area is 149 Å². The van der Waals surface area contributed by atoms with Crippen LogP contribution in [0.5, 0.6) is 0 Å². The highest BCUT2D eigenvalue weighted by Gasteiger charge is 2.51. The molecule has 1 aliphatic heterocycles. The second-order valence-electron chi connectivity index (χ2n) is 5.91. The number of hydrogen-bond donors (Lipinski definition) is 0. The largest absolute Gasteiger partial charge is 0.382 e. The zero-order chi connectivity index (χ0) is 19.1. The summed E-state index contributed by atoms with van der Waals surface area (Å²) in [4.78, 5) is 18.5. The van der Waals surface area contributed by atoms with Crippen LogP contribution in [0, 0.1) is 11.6 Å². The summed E-state index contributed by atoms with van der Waals surface area (Å²) in [6.07, 6.45) is 3.91. The molecule has 0 unspecified atom stereocenters. The summed E-state index contributed by atoms with van der Waals surface area (Å²) >= 11 is 0. The maximum Gasteiger partial charge on any atom is 0.272 e. The van der Waals surface area contributed by atoms with Gasteiger partial charge in [-0.1, -0.05) is 6.07 Å². The van der Waals surface area contributed by atoms with Gasteiger partial charge in [0.05, 0.1) is 5.69 Å². The fraction of sp³-hybridized carbons (Fsp3) is 0.176. The molecule has 0 spiro atoms. The Balaban J connectivity index is 2.27. The molecule has 1 aromatic carbocycles. The van der Waals surface area contributed by atoms with Crippen LogP contribution in [0.4, 0.5) is 14.5 Å². The van der Waals surface area contributed by atoms with E-state index in [0.29, 0.717) is 6.07 Å². The molecule has 0 N–H and O–H groups in total. The number of anilines is 1. The second-order valence-corrected chi connectivity index (χ2v) is 7.89. The van der Waals surface area contributed by atoms with Crippen molar-refractivity contribution in [1.29, 1.82) is 0 Å². The first kappa shape index (κ1) is 18.0. The van der Waals surface area contributed by atoms with Crippen molar-refractivity contribution in [2.24, 2.45) is 0 Å². The van der Waals surface area contributed by atoms with E-state index in [1.165, 1.54) is 35.6 Å². The van der Waals surface area contributed by atoms with Crippen LogP contribution in [0.2, 0.25) is 0 Å². The quantitative estimate of drug-likeness (QED) is 0.765. The first-order chi connectivity index (χ1) is 12.2. The van der Waals surface area contributed by atoms with Crippen LogP contribution >= 0.6 is 0 Å². The molecule has 0 radical (unpaired) electrons. The van der Waals surface area contributed by atoms with Crippen LogP contribution in [-0.2, 0) is 14.6 Å². The minimum absolute atomic E-state index is 0.201. The van der Waals surface area contributed by atoms with Gasteiger partial charge in [-0.3, -0.25) is 14.7 Å². The van der Waals surface area contributed by atoms with Gasteiger partial charge in [0.25, 0.3) is 5.91 Å². The fourth-order valence-corrected chi connectivity index (χ4v) is 4.66. The number of carbonyl (C=O) groups excluding carboxylic acids is 1. The summed E-state index contributed by atoms with van der Waals surface area (Å²) in [7, 11) is -1.02. The molecule has 1 atom stereocenters. The number of pyridine rings is 1. The lowest BCUT2D eigenvalue weighted by molar-refractivity contribution is -0.114. The molecule has 1 aromatic heterocycles. The zero-order valence-corrected chi connectivity index (χ0v) is 14.7. The first-order valence-corrected chi connectivity index (χ1v) is 9.09. The van der Waals surface area contributed by atoms with Crippen molar-refractivity contribution in [2.75, 3.05) is 19.0 Å². The average molecular weight is 379 g/mol. The number of rotatable bonds is 3. The Morgan fingerprint density at radius 3 is 2.54 bits per heavy atom. The monoisotopic (exact) mass is 379 g/mol. The van der Waals surface area contributed by atoms with E-state index >= 15 is 0 Å². The minimum atomic E-state index is -4.15. The van der Waals surface area contributed by atoms with Crippen LogP contribution in [-0.4, -0.2) is 38.3 Å². The standard InChI is InChI=1S/C17H15F2N3O3S/c1-21(2)10-15-16(23)22(14-6-5-12(18)8-13(14)19)17(26(15,24)25)11-4-3-7-20-9-11/h3-10,17H,1-2H3/b15-10+/t17-/m0/s1. The number of aromatic nitrogens is 1. The predicted octanol–water partition coefficient (Wildman–Crippen LogP) is 2.22. The van der Waals surface area contributed by atoms with Gasteiger partial charge < -0.3 is 4.90 Å². The van der Waals surface area contributed by atoms with E-state index in [9.17, 15) is 22.0 Å². The van der Waals surface area contributed by atoms with Gasteiger partial charge in [0.15, 0.2) is 10.3 Å². The van der Waals surface area contributed by atoms with Gasteiger partial charge in [-0.25, -0.2) is 17.2 Å². The molecule has 2 heterocycles. The topological polar surface area (TPSA) is 70.6 Å². The maximum atomic E-state index is 14.3. The summed E-state index contributed by atoms with van der Waals surface area (Å²) in [5.74, 6) is -2.76. The van der Waals surface area contributed by atoms with Gasteiger partial charge in [-0.15, -0.1) is 0 Å². The molecule has 1 amide bonds. The van der Waals surface area contributed by atoms with E-state index in [-0.39, 0.29) is 11.3 Å². The molecular weight excluding hydrogens is 364 g/mol. The van der Waals surface area contributed by atoms with Gasteiger partial charge in [0, 0.05) is 44.3 Å². The SMILES string of the molecule is CN(C)/C=C1\C(=O)N(c2ccc(F)cc2F)[C@H](c2cccnc2)S1(=O)=O. The van der Waals surface area contributed by atoms with Crippen LogP contribution in [0.1, 0.15) is 10.9 Å². The molecule has 3 rings (SSSR count). The number of benzene rings is 1. The highest BCUT2D eigenvalue weighted by molar-refractivity contribution is 7.97. The van der Waals surface area contributed by atoms with Crippen molar-refractivity contribution in [3.05, 3.63) is 71.0 Å². The van der Waals surface area contributed by atoms with Gasteiger partial charge in [0.1, 0.15) is 11.6 Å². The number of carbonyl (C=O) groups is 1. The molecule has 1 aliphatic rings. The van der Waals surface area contributed by atoms with E-state index < -0.39 is 37.7 Å². The van der Waals surface area contributed by atoms with E-state index in [1.807, 2.05) is 0 Å². The molecule has 6 nitrogen and oxygen atoms in total. The molecule has 136 valence electrons. The summed E-state index contributed by atoms with van der Waals surface area (Å²) in [6, 6.07) is 5.60. The highest BCUT2D eigenvalue weighted by Crippen LogP contribution is 2.43. The number of nitrogens with zero attached hydrogens (tertiary/aromatic N) is 3. The summed E-state index contributed by atoms with van der Waals surface area (Å²) in [5.41, 5.74) is -0.122. The molecule has 0 saturated carbocycles. The summed E-state index contributed by atoms with van der Waals surface area (Å²) in [5, 5.41) is -1.49. The number of hydrogen-bond acceptors (Lipinski definition) is 5. The van der Waals surface area contributed by atoms with Crippen LogP contribution in [0.3, 0.4) is 0 Å². The second kappa shape index (κ2) is 6.49. The van der Waals surface area contributed by atoms with Gasteiger partial charge in [-0.2, -0.15) is 0 Å². The van der Waals surface area contributed by atoms with Gasteiger partial charge in [-0.05, 0) is 18.2 Å². The lowest BCUT2D eigenvalue weighted by Crippen LogP contribution is -2.30. The van der Waals surface area contributed by atoms with Crippen molar-refractivity contribution in [3.63, 3.8) is 0 Å². The molecular formula is C17H15F2N3O3S. The number of halogens is 2. The normalized spacial score (nSPS) is 20.6. The van der Waals surface area contributed by atoms with E-state index in [2.05, 4.69) is 4.98 Å². The van der Waals surface area contributed by atoms with Crippen molar-refractivity contribution in [1.82, 2.24) is 9.88 Å². The Bertz CT molecular complexity index is 992. The zero-order valence-electron chi connectivity index (χ0n) is 13.9. The Hall–Kier alpha value is -2.81. The highest BCUT2D eigenvalue weighted by atomic mass is 32.2. The minimum Gasteiger partial charge on any atom is -0.382 e. The number of sulfone groups is 1. The third-order valence-electron chi connectivity index (χ3n) is 3.78. The predicted molar refractivity (Wildman–Crippen MR) is 91.5 cm³/mol. The van der Waals surface area contributed by atoms with Crippen LogP contribution in [0.25, 0.3) is 0 Å². The lowest BCUT2D eigenvalue weighted by atomic mass is 10.2. The molecule has 9 heteroatoms. The molecule has 26 heavy (non-hydrogen) atoms. The molecule has 1 fully saturated rings. The van der Waals surface area contributed by atoms with Crippen molar-refractivity contribution in [2.45, 2.75) is 5.37 Å². The number of amides is 1. The Morgan fingerprint density at radius 2 is 1.96 bits per heavy atom. The van der Waals surface area contributed by atoms with Crippen molar-refractivity contribution in [3.8, 4) is 0 Å². The smallest absolute Gasteiger partial charge is 0.272 e. The molecule has 0 bridgehead atoms. The van der Waals surface area contributed by atoms with Gasteiger partial charge in [0.2, 0.25) is 9.84 Å². The van der Waals surface area contributed by atoms with Crippen LogP contribution < -0.4 is 4.90 Å².